The van der Waals surface area contributed by atoms with Crippen LogP contribution in [-0.4, -0.2) is 24.1 Å². The summed E-state index contributed by atoms with van der Waals surface area (Å²) in [6.45, 7) is 0.497. The molecular formula is C16H15BrN2O2S. The van der Waals surface area contributed by atoms with Crippen molar-refractivity contribution in [2.24, 2.45) is 0 Å². The molecule has 6 heteroatoms. The van der Waals surface area contributed by atoms with Crippen LogP contribution in [-0.2, 0) is 0 Å². The number of nitrogens with one attached hydrogen (secondary N) is 2. The number of benzene rings is 2. The number of carbonyl (C=O) groups excluding carboxylic acids is 2. The quantitative estimate of drug-likeness (QED) is 0.698. The number of anilines is 1. The zero-order valence-electron chi connectivity index (χ0n) is 11.7. The minimum absolute atomic E-state index is 0.186. The maximum atomic E-state index is 12.1. The first-order valence-corrected chi connectivity index (χ1v) is 8.09. The molecule has 2 rings (SSSR count). The molecule has 0 saturated carbocycles. The first kappa shape index (κ1) is 16.6. The topological polar surface area (TPSA) is 58.2 Å². The fourth-order valence-corrected chi connectivity index (χ4v) is 2.19. The van der Waals surface area contributed by atoms with Crippen molar-refractivity contribution in [2.75, 3.05) is 17.6 Å². The summed E-state index contributed by atoms with van der Waals surface area (Å²) < 4.78 is 0.909. The van der Waals surface area contributed by atoms with E-state index >= 15 is 0 Å². The summed E-state index contributed by atoms with van der Waals surface area (Å²) in [5.74, 6) is 0.167. The summed E-state index contributed by atoms with van der Waals surface area (Å²) >= 11 is 7.37. The third-order valence-corrected chi connectivity index (χ3v) is 3.64. The van der Waals surface area contributed by atoms with Crippen LogP contribution >= 0.6 is 28.6 Å². The van der Waals surface area contributed by atoms with Gasteiger partial charge in [-0.05, 0) is 42.5 Å². The van der Waals surface area contributed by atoms with E-state index in [2.05, 4.69) is 39.2 Å². The third-order valence-electron chi connectivity index (χ3n) is 2.89. The van der Waals surface area contributed by atoms with E-state index in [1.54, 1.807) is 48.5 Å². The average Bonchev–Trinajstić information content (AvgIpc) is 2.53. The van der Waals surface area contributed by atoms with Crippen molar-refractivity contribution in [3.05, 3.63) is 64.1 Å². The smallest absolute Gasteiger partial charge is 0.255 e. The molecule has 2 aromatic carbocycles. The zero-order chi connectivity index (χ0) is 15.9. The van der Waals surface area contributed by atoms with E-state index in [4.69, 9.17) is 0 Å². The minimum Gasteiger partial charge on any atom is -0.351 e. The lowest BCUT2D eigenvalue weighted by Gasteiger charge is -2.08. The van der Waals surface area contributed by atoms with Gasteiger partial charge in [0.25, 0.3) is 11.8 Å². The molecule has 2 N–H and O–H groups in total. The molecule has 0 bridgehead atoms. The molecule has 0 radical (unpaired) electrons. The molecule has 22 heavy (non-hydrogen) atoms. The first-order chi connectivity index (χ1) is 10.6. The Morgan fingerprint density at radius 2 is 1.73 bits per heavy atom. The van der Waals surface area contributed by atoms with Gasteiger partial charge < -0.3 is 10.6 Å². The van der Waals surface area contributed by atoms with Crippen molar-refractivity contribution >= 4 is 46.1 Å². The average molecular weight is 379 g/mol. The molecule has 0 spiro atoms. The van der Waals surface area contributed by atoms with Gasteiger partial charge in [-0.1, -0.05) is 22.0 Å². The Balaban J connectivity index is 2.08. The van der Waals surface area contributed by atoms with Crippen LogP contribution < -0.4 is 10.6 Å². The molecule has 0 heterocycles. The van der Waals surface area contributed by atoms with Crippen LogP contribution in [0.1, 0.15) is 20.7 Å². The lowest BCUT2D eigenvalue weighted by Crippen LogP contribution is -2.25. The zero-order valence-corrected chi connectivity index (χ0v) is 14.2. The van der Waals surface area contributed by atoms with E-state index in [9.17, 15) is 9.59 Å². The lowest BCUT2D eigenvalue weighted by atomic mass is 10.1. The van der Waals surface area contributed by atoms with Gasteiger partial charge in [0, 0.05) is 33.6 Å². The molecule has 0 aromatic heterocycles. The van der Waals surface area contributed by atoms with Gasteiger partial charge in [-0.15, -0.1) is 0 Å². The number of hydrogen-bond donors (Lipinski definition) is 3. The normalized spacial score (nSPS) is 10.1. The second-order valence-electron chi connectivity index (χ2n) is 4.52. The van der Waals surface area contributed by atoms with Gasteiger partial charge in [-0.25, -0.2) is 0 Å². The third kappa shape index (κ3) is 4.61. The molecule has 0 unspecified atom stereocenters. The van der Waals surface area contributed by atoms with Crippen molar-refractivity contribution in [1.29, 1.82) is 0 Å². The largest absolute Gasteiger partial charge is 0.351 e. The summed E-state index contributed by atoms with van der Waals surface area (Å²) in [6, 6.07) is 13.9. The Hall–Kier alpha value is -1.79. The highest BCUT2D eigenvalue weighted by Crippen LogP contribution is 2.14. The SMILES string of the molecule is O=C(NCCS)c1cccc(NC(=O)c2ccc(Br)cc2)c1. The van der Waals surface area contributed by atoms with Crippen molar-refractivity contribution in [3.63, 3.8) is 0 Å². The molecule has 4 nitrogen and oxygen atoms in total. The second kappa shape index (κ2) is 8.00. The number of thiol groups is 1. The van der Waals surface area contributed by atoms with Crippen LogP contribution in [0.4, 0.5) is 5.69 Å². The van der Waals surface area contributed by atoms with E-state index < -0.39 is 0 Å². The second-order valence-corrected chi connectivity index (χ2v) is 5.88. The van der Waals surface area contributed by atoms with Gasteiger partial charge in [0.2, 0.25) is 0 Å². The predicted molar refractivity (Wildman–Crippen MR) is 94.7 cm³/mol. The Morgan fingerprint density at radius 1 is 1.00 bits per heavy atom. The Labute approximate surface area is 142 Å². The number of hydrogen-bond acceptors (Lipinski definition) is 3. The molecular weight excluding hydrogens is 364 g/mol. The standard InChI is InChI=1S/C16H15BrN2O2S/c17-13-6-4-11(5-7-13)16(21)19-14-3-1-2-12(10-14)15(20)18-8-9-22/h1-7,10,22H,8-9H2,(H,18,20)(H,19,21). The Kier molecular flexibility index (Phi) is 6.03. The van der Waals surface area contributed by atoms with E-state index in [1.807, 2.05) is 0 Å². The van der Waals surface area contributed by atoms with Gasteiger partial charge >= 0.3 is 0 Å². The number of rotatable bonds is 5. The van der Waals surface area contributed by atoms with E-state index in [1.165, 1.54) is 0 Å². The molecule has 0 saturated heterocycles. The van der Waals surface area contributed by atoms with Crippen LogP contribution in [0.15, 0.2) is 53.0 Å². The van der Waals surface area contributed by atoms with Crippen LogP contribution in [0, 0.1) is 0 Å². The van der Waals surface area contributed by atoms with E-state index in [-0.39, 0.29) is 11.8 Å². The first-order valence-electron chi connectivity index (χ1n) is 6.66. The fourth-order valence-electron chi connectivity index (χ4n) is 1.81. The minimum atomic E-state index is -0.222. The molecule has 2 aromatic rings. The van der Waals surface area contributed by atoms with Crippen molar-refractivity contribution < 1.29 is 9.59 Å². The molecule has 0 atom stereocenters. The molecule has 2 amide bonds. The van der Waals surface area contributed by atoms with Crippen LogP contribution in [0.25, 0.3) is 0 Å². The van der Waals surface area contributed by atoms with E-state index in [0.29, 0.717) is 29.1 Å². The number of carbonyl (C=O) groups is 2. The van der Waals surface area contributed by atoms with Crippen LogP contribution in [0.2, 0.25) is 0 Å². The Bertz CT molecular complexity index is 674. The van der Waals surface area contributed by atoms with Crippen molar-refractivity contribution in [1.82, 2.24) is 5.32 Å². The summed E-state index contributed by atoms with van der Waals surface area (Å²) in [7, 11) is 0. The molecule has 114 valence electrons. The highest BCUT2D eigenvalue weighted by Gasteiger charge is 2.09. The van der Waals surface area contributed by atoms with Gasteiger partial charge in [0.05, 0.1) is 0 Å². The number of halogens is 1. The maximum Gasteiger partial charge on any atom is 0.255 e. The summed E-state index contributed by atoms with van der Waals surface area (Å²) in [5.41, 5.74) is 1.62. The maximum absolute atomic E-state index is 12.1. The monoisotopic (exact) mass is 378 g/mol. The summed E-state index contributed by atoms with van der Waals surface area (Å²) in [4.78, 5) is 24.0. The van der Waals surface area contributed by atoms with Crippen molar-refractivity contribution in [2.45, 2.75) is 0 Å². The van der Waals surface area contributed by atoms with Crippen LogP contribution in [0.5, 0.6) is 0 Å². The van der Waals surface area contributed by atoms with Gasteiger partial charge in [-0.2, -0.15) is 12.6 Å². The van der Waals surface area contributed by atoms with Gasteiger partial charge in [0.1, 0.15) is 0 Å². The van der Waals surface area contributed by atoms with E-state index in [0.717, 1.165) is 4.47 Å². The molecule has 0 aliphatic carbocycles. The van der Waals surface area contributed by atoms with Gasteiger partial charge in [0.15, 0.2) is 0 Å². The highest BCUT2D eigenvalue weighted by molar-refractivity contribution is 9.10. The van der Waals surface area contributed by atoms with Gasteiger partial charge in [-0.3, -0.25) is 9.59 Å². The summed E-state index contributed by atoms with van der Waals surface area (Å²) in [6.07, 6.45) is 0. The highest BCUT2D eigenvalue weighted by atomic mass is 79.9. The Morgan fingerprint density at radius 3 is 2.41 bits per heavy atom. The number of amides is 2. The molecule has 0 aliphatic heterocycles. The van der Waals surface area contributed by atoms with Crippen LogP contribution in [0.3, 0.4) is 0 Å². The predicted octanol–water partition coefficient (Wildman–Crippen LogP) is 3.36. The molecule has 0 fully saturated rings. The van der Waals surface area contributed by atoms with Crippen molar-refractivity contribution in [3.8, 4) is 0 Å². The summed E-state index contributed by atoms with van der Waals surface area (Å²) in [5, 5.41) is 5.51. The molecule has 0 aliphatic rings. The lowest BCUT2D eigenvalue weighted by molar-refractivity contribution is 0.0954. The fraction of sp³-hybridized carbons (Fsp3) is 0.125.